The molecule has 4 aromatic rings. The van der Waals surface area contributed by atoms with Crippen molar-refractivity contribution in [2.24, 2.45) is 5.92 Å². The van der Waals surface area contributed by atoms with E-state index in [1.807, 2.05) is 70.5 Å². The third kappa shape index (κ3) is 4.45. The van der Waals surface area contributed by atoms with E-state index in [1.54, 1.807) is 6.07 Å². The highest BCUT2D eigenvalue weighted by molar-refractivity contribution is 5.95. The summed E-state index contributed by atoms with van der Waals surface area (Å²) in [6.07, 6.45) is 1.95. The Morgan fingerprint density at radius 3 is 2.54 bits per heavy atom. The van der Waals surface area contributed by atoms with Crippen molar-refractivity contribution in [3.63, 3.8) is 0 Å². The number of para-hydroxylation sites is 1. The van der Waals surface area contributed by atoms with Gasteiger partial charge in [-0.05, 0) is 59.4 Å². The highest BCUT2D eigenvalue weighted by Gasteiger charge is 2.33. The number of hydrogen-bond acceptors (Lipinski definition) is 6. The Bertz CT molecular complexity index is 1480. The summed E-state index contributed by atoms with van der Waals surface area (Å²) >= 11 is 0. The molecule has 3 aromatic carbocycles. The molecule has 8 nitrogen and oxygen atoms in total. The van der Waals surface area contributed by atoms with Gasteiger partial charge in [-0.25, -0.2) is 4.79 Å². The number of aromatic nitrogens is 3. The summed E-state index contributed by atoms with van der Waals surface area (Å²) < 4.78 is 0. The van der Waals surface area contributed by atoms with Gasteiger partial charge in [0.2, 0.25) is 0 Å². The fourth-order valence-corrected chi connectivity index (χ4v) is 5.48. The lowest BCUT2D eigenvalue weighted by molar-refractivity contribution is 0.180. The quantitative estimate of drug-likeness (QED) is 0.402. The molecular formula is C29H27N7O. The maximum Gasteiger partial charge on any atom is 0.325 e. The fourth-order valence-electron chi connectivity index (χ4n) is 5.48. The summed E-state index contributed by atoms with van der Waals surface area (Å²) in [7, 11) is 0. The minimum Gasteiger partial charge on any atom is -0.354 e. The molecule has 0 spiro atoms. The molecular weight excluding hydrogens is 462 g/mol. The van der Waals surface area contributed by atoms with Gasteiger partial charge < -0.3 is 9.80 Å². The van der Waals surface area contributed by atoms with Crippen LogP contribution in [0.1, 0.15) is 29.5 Å². The first kappa shape index (κ1) is 22.9. The average molecular weight is 490 g/mol. The number of carbonyl (C=O) groups is 1. The maximum atomic E-state index is 13.7. The van der Waals surface area contributed by atoms with Crippen molar-refractivity contribution >= 4 is 28.4 Å². The highest BCUT2D eigenvalue weighted by Crippen LogP contribution is 2.33. The molecule has 0 atom stereocenters. The second-order valence-electron chi connectivity index (χ2n) is 9.71. The van der Waals surface area contributed by atoms with Crippen LogP contribution in [0, 0.1) is 17.2 Å². The van der Waals surface area contributed by atoms with Gasteiger partial charge in [0.15, 0.2) is 5.82 Å². The number of fused-ring (bicyclic) bond motifs is 2. The van der Waals surface area contributed by atoms with Crippen molar-refractivity contribution in [2.45, 2.75) is 25.9 Å². The number of anilines is 2. The molecule has 0 unspecified atom stereocenters. The van der Waals surface area contributed by atoms with Crippen molar-refractivity contribution in [1.82, 2.24) is 20.3 Å². The molecule has 0 radical (unpaired) electrons. The molecule has 8 heteroatoms. The SMILES string of the molecule is N#Cc1ccccc1CN1C(=O)N(CC2CCN(c3nnnc4ccccc34)CC2)Cc2ccccc21. The standard InChI is InChI=1S/C29H27N7O/c30-17-22-7-1-2-8-23(22)20-36-27-12-6-3-9-24(27)19-35(29(36)37)18-21-13-15-34(16-14-21)28-25-10-4-5-11-26(25)31-33-32-28/h1-12,21H,13-16,18-20H2. The Kier molecular flexibility index (Phi) is 6.11. The van der Waals surface area contributed by atoms with Crippen LogP contribution in [0.15, 0.2) is 72.8 Å². The zero-order chi connectivity index (χ0) is 25.2. The molecule has 2 aliphatic rings. The van der Waals surface area contributed by atoms with Crippen LogP contribution in [0.3, 0.4) is 0 Å². The van der Waals surface area contributed by atoms with Crippen molar-refractivity contribution in [2.75, 3.05) is 29.4 Å². The van der Waals surface area contributed by atoms with E-state index in [0.29, 0.717) is 31.1 Å². The number of nitriles is 1. The Labute approximate surface area is 215 Å². The van der Waals surface area contributed by atoms with Crippen LogP contribution in [0.2, 0.25) is 0 Å². The number of hydrogen-bond donors (Lipinski definition) is 0. The minimum absolute atomic E-state index is 0.000123. The normalized spacial score (nSPS) is 16.1. The Hall–Kier alpha value is -4.51. The van der Waals surface area contributed by atoms with Crippen molar-refractivity contribution < 1.29 is 4.79 Å². The first-order valence-corrected chi connectivity index (χ1v) is 12.7. The Morgan fingerprint density at radius 1 is 0.919 bits per heavy atom. The van der Waals surface area contributed by atoms with E-state index in [-0.39, 0.29) is 6.03 Å². The lowest BCUT2D eigenvalue weighted by atomic mass is 9.95. The third-order valence-electron chi connectivity index (χ3n) is 7.44. The van der Waals surface area contributed by atoms with Gasteiger partial charge in [0.25, 0.3) is 0 Å². The zero-order valence-corrected chi connectivity index (χ0v) is 20.5. The molecule has 6 rings (SSSR count). The molecule has 2 aliphatic heterocycles. The number of nitrogens with zero attached hydrogens (tertiary/aromatic N) is 7. The van der Waals surface area contributed by atoms with Gasteiger partial charge in [-0.15, -0.1) is 10.2 Å². The van der Waals surface area contributed by atoms with Crippen LogP contribution in [0.25, 0.3) is 10.9 Å². The van der Waals surface area contributed by atoms with E-state index in [2.05, 4.69) is 32.4 Å². The topological polar surface area (TPSA) is 89.3 Å². The van der Waals surface area contributed by atoms with Gasteiger partial charge in [-0.1, -0.05) is 48.5 Å². The largest absolute Gasteiger partial charge is 0.354 e. The van der Waals surface area contributed by atoms with E-state index in [0.717, 1.165) is 59.5 Å². The van der Waals surface area contributed by atoms with Gasteiger partial charge in [-0.3, -0.25) is 4.90 Å². The molecule has 0 saturated carbocycles. The Morgan fingerprint density at radius 2 is 1.68 bits per heavy atom. The van der Waals surface area contributed by atoms with E-state index in [4.69, 9.17) is 0 Å². The summed E-state index contributed by atoms with van der Waals surface area (Å²) in [5.41, 5.74) is 4.37. The third-order valence-corrected chi connectivity index (χ3v) is 7.44. The molecule has 184 valence electrons. The van der Waals surface area contributed by atoms with E-state index < -0.39 is 0 Å². The van der Waals surface area contributed by atoms with E-state index in [9.17, 15) is 10.1 Å². The number of urea groups is 1. The summed E-state index contributed by atoms with van der Waals surface area (Å²) in [5, 5.41) is 23.0. The number of carbonyl (C=O) groups excluding carboxylic acids is 1. The predicted molar refractivity (Wildman–Crippen MR) is 142 cm³/mol. The van der Waals surface area contributed by atoms with Crippen LogP contribution in [0.4, 0.5) is 16.3 Å². The second-order valence-corrected chi connectivity index (χ2v) is 9.71. The Balaban J connectivity index is 1.18. The van der Waals surface area contributed by atoms with Crippen molar-refractivity contribution in [3.05, 3.63) is 89.5 Å². The monoisotopic (exact) mass is 489 g/mol. The van der Waals surface area contributed by atoms with Crippen LogP contribution >= 0.6 is 0 Å². The smallest absolute Gasteiger partial charge is 0.325 e. The summed E-state index contributed by atoms with van der Waals surface area (Å²) in [5.74, 6) is 1.29. The van der Waals surface area contributed by atoms with Crippen molar-refractivity contribution in [1.29, 1.82) is 5.26 Å². The molecule has 1 saturated heterocycles. The molecule has 1 aromatic heterocycles. The van der Waals surface area contributed by atoms with Gasteiger partial charge in [0, 0.05) is 31.6 Å². The average Bonchev–Trinajstić information content (AvgIpc) is 2.95. The number of amides is 2. The van der Waals surface area contributed by atoms with Gasteiger partial charge in [0.1, 0.15) is 0 Å². The maximum absolute atomic E-state index is 13.7. The summed E-state index contributed by atoms with van der Waals surface area (Å²) in [4.78, 5) is 19.8. The number of benzene rings is 3. The van der Waals surface area contributed by atoms with Crippen LogP contribution < -0.4 is 9.80 Å². The molecule has 0 aliphatic carbocycles. The molecule has 3 heterocycles. The minimum atomic E-state index is -0.000123. The predicted octanol–water partition coefficient (Wildman–Crippen LogP) is 4.76. The first-order valence-electron chi connectivity index (χ1n) is 12.7. The fraction of sp³-hybridized carbons (Fsp3) is 0.276. The van der Waals surface area contributed by atoms with E-state index >= 15 is 0 Å². The van der Waals surface area contributed by atoms with Crippen LogP contribution in [-0.4, -0.2) is 46.0 Å². The van der Waals surface area contributed by atoms with Gasteiger partial charge >= 0.3 is 6.03 Å². The zero-order valence-electron chi connectivity index (χ0n) is 20.5. The lowest BCUT2D eigenvalue weighted by Crippen LogP contribution is -2.49. The van der Waals surface area contributed by atoms with Gasteiger partial charge in [0.05, 0.1) is 29.4 Å². The molecule has 0 N–H and O–H groups in total. The molecule has 37 heavy (non-hydrogen) atoms. The van der Waals surface area contributed by atoms with Crippen LogP contribution in [0.5, 0.6) is 0 Å². The first-order chi connectivity index (χ1) is 18.2. The van der Waals surface area contributed by atoms with Crippen LogP contribution in [-0.2, 0) is 13.1 Å². The summed E-state index contributed by atoms with van der Waals surface area (Å²) in [6, 6.07) is 25.8. The number of rotatable bonds is 5. The van der Waals surface area contributed by atoms with E-state index in [1.165, 1.54) is 0 Å². The molecule has 0 bridgehead atoms. The highest BCUT2D eigenvalue weighted by atomic mass is 16.2. The lowest BCUT2D eigenvalue weighted by Gasteiger charge is -2.40. The second kappa shape index (κ2) is 9.86. The van der Waals surface area contributed by atoms with Crippen molar-refractivity contribution in [3.8, 4) is 6.07 Å². The van der Waals surface area contributed by atoms with Gasteiger partial charge in [-0.2, -0.15) is 5.26 Å². The molecule has 2 amide bonds. The molecule has 1 fully saturated rings. The summed E-state index contributed by atoms with van der Waals surface area (Å²) in [6.45, 7) is 3.42. The number of piperidine rings is 1.